The highest BCUT2D eigenvalue weighted by Crippen LogP contribution is 2.25. The molecule has 0 aromatic carbocycles. The van der Waals surface area contributed by atoms with E-state index in [0.717, 1.165) is 12.8 Å². The Hall–Kier alpha value is -0.500. The molecule has 0 aliphatic heterocycles. The average molecular weight is 511 g/mol. The standard InChI is InChI=1S/C25H52N2O2.H3O4P/c1-4-5-6-7-8-9-10-11-12-13-14-15-16-17-18-19-24(28)27-21-20-23(26)22-25(2,3)29;1-5(2,3)4/h23,29H,4-22,26H2,1-3H3,(H,27,28);(H3,1,2,3,4). The van der Waals surface area contributed by atoms with Gasteiger partial charge in [0.2, 0.25) is 5.91 Å². The van der Waals surface area contributed by atoms with E-state index in [1.54, 1.807) is 13.8 Å². The second-order valence-corrected chi connectivity index (χ2v) is 11.2. The summed E-state index contributed by atoms with van der Waals surface area (Å²) in [6.07, 6.45) is 22.0. The molecule has 0 radical (unpaired) electrons. The fourth-order valence-electron chi connectivity index (χ4n) is 3.89. The number of hydrogen-bond acceptors (Lipinski definition) is 4. The van der Waals surface area contributed by atoms with Crippen LogP contribution in [0, 0.1) is 0 Å². The molecular formula is C25H55N2O6P. The second kappa shape index (κ2) is 22.9. The second-order valence-electron chi connectivity index (χ2n) is 10.1. The van der Waals surface area contributed by atoms with E-state index in [9.17, 15) is 9.90 Å². The lowest BCUT2D eigenvalue weighted by atomic mass is 9.98. The van der Waals surface area contributed by atoms with Gasteiger partial charge in [-0.15, -0.1) is 0 Å². The van der Waals surface area contributed by atoms with Crippen molar-refractivity contribution >= 4 is 13.7 Å². The molecule has 0 aromatic rings. The molecule has 9 heteroatoms. The van der Waals surface area contributed by atoms with Gasteiger partial charge in [-0.2, -0.15) is 0 Å². The Labute approximate surface area is 208 Å². The summed E-state index contributed by atoms with van der Waals surface area (Å²) in [6, 6.07) is -0.0684. The Morgan fingerprint density at radius 2 is 1.18 bits per heavy atom. The van der Waals surface area contributed by atoms with Gasteiger partial charge in [0.1, 0.15) is 0 Å². The zero-order valence-electron chi connectivity index (χ0n) is 22.1. The van der Waals surface area contributed by atoms with Gasteiger partial charge in [-0.05, 0) is 33.1 Å². The van der Waals surface area contributed by atoms with E-state index in [4.69, 9.17) is 25.0 Å². The monoisotopic (exact) mass is 510 g/mol. The van der Waals surface area contributed by atoms with Gasteiger partial charge >= 0.3 is 7.82 Å². The average Bonchev–Trinajstić information content (AvgIpc) is 2.68. The molecule has 7 N–H and O–H groups in total. The number of carbonyl (C=O) groups excluding carboxylic acids is 1. The van der Waals surface area contributed by atoms with Crippen LogP contribution in [0.3, 0.4) is 0 Å². The lowest BCUT2D eigenvalue weighted by Gasteiger charge is -2.22. The molecule has 1 atom stereocenters. The third-order valence-electron chi connectivity index (χ3n) is 5.61. The van der Waals surface area contributed by atoms with Crippen LogP contribution in [-0.2, 0) is 9.36 Å². The summed E-state index contributed by atoms with van der Waals surface area (Å²) in [5.41, 5.74) is 5.23. The maximum Gasteiger partial charge on any atom is 0.466 e. The molecule has 0 aliphatic carbocycles. The van der Waals surface area contributed by atoms with Crippen molar-refractivity contribution in [3.63, 3.8) is 0 Å². The number of rotatable bonds is 21. The molecule has 0 aromatic heterocycles. The predicted octanol–water partition coefficient (Wildman–Crippen LogP) is 5.31. The highest BCUT2D eigenvalue weighted by atomic mass is 31.2. The molecule has 206 valence electrons. The smallest absolute Gasteiger partial charge is 0.390 e. The van der Waals surface area contributed by atoms with Crippen LogP contribution in [0.25, 0.3) is 0 Å². The van der Waals surface area contributed by atoms with Crippen molar-refractivity contribution in [2.45, 2.75) is 148 Å². The highest BCUT2D eigenvalue weighted by molar-refractivity contribution is 7.45. The first-order chi connectivity index (χ1) is 15.8. The van der Waals surface area contributed by atoms with E-state index in [2.05, 4.69) is 12.2 Å². The fourth-order valence-corrected chi connectivity index (χ4v) is 3.89. The molecule has 0 bridgehead atoms. The summed E-state index contributed by atoms with van der Waals surface area (Å²) in [5.74, 6) is 0.134. The normalized spacial score (nSPS) is 12.7. The van der Waals surface area contributed by atoms with E-state index in [1.807, 2.05) is 0 Å². The summed E-state index contributed by atoms with van der Waals surface area (Å²) in [7, 11) is -4.64. The molecule has 1 unspecified atom stereocenters. The topological polar surface area (TPSA) is 153 Å². The quantitative estimate of drug-likeness (QED) is 0.0903. The van der Waals surface area contributed by atoms with Crippen LogP contribution in [0.1, 0.15) is 136 Å². The molecule has 0 saturated heterocycles. The van der Waals surface area contributed by atoms with Crippen molar-refractivity contribution in [1.82, 2.24) is 5.32 Å². The summed E-state index contributed by atoms with van der Waals surface area (Å²) in [5, 5.41) is 12.7. The van der Waals surface area contributed by atoms with E-state index >= 15 is 0 Å². The molecular weight excluding hydrogens is 455 g/mol. The minimum atomic E-state index is -4.64. The van der Waals surface area contributed by atoms with Gasteiger partial charge < -0.3 is 30.8 Å². The summed E-state index contributed by atoms with van der Waals surface area (Å²) >= 11 is 0. The van der Waals surface area contributed by atoms with E-state index in [-0.39, 0.29) is 11.9 Å². The fraction of sp³-hybridized carbons (Fsp3) is 0.960. The summed E-state index contributed by atoms with van der Waals surface area (Å²) < 4.78 is 8.88. The molecule has 1 amide bonds. The lowest BCUT2D eigenvalue weighted by Crippen LogP contribution is -2.35. The maximum absolute atomic E-state index is 11.8. The van der Waals surface area contributed by atoms with Crippen LogP contribution in [-0.4, -0.2) is 43.9 Å². The Morgan fingerprint density at radius 1 is 0.824 bits per heavy atom. The molecule has 34 heavy (non-hydrogen) atoms. The Balaban J connectivity index is 0. The number of nitrogens with two attached hydrogens (primary N) is 1. The highest BCUT2D eigenvalue weighted by Gasteiger charge is 2.17. The first-order valence-electron chi connectivity index (χ1n) is 13.4. The number of nitrogens with one attached hydrogen (secondary N) is 1. The molecule has 0 fully saturated rings. The Morgan fingerprint density at radius 3 is 1.53 bits per heavy atom. The van der Waals surface area contributed by atoms with Crippen LogP contribution >= 0.6 is 7.82 Å². The summed E-state index contributed by atoms with van der Waals surface area (Å²) in [4.78, 5) is 33.4. The Bertz CT molecular complexity index is 500. The predicted molar refractivity (Wildman–Crippen MR) is 140 cm³/mol. The number of amides is 1. The molecule has 0 heterocycles. The third-order valence-corrected chi connectivity index (χ3v) is 5.61. The van der Waals surface area contributed by atoms with Crippen LogP contribution in [0.5, 0.6) is 0 Å². The van der Waals surface area contributed by atoms with Crippen molar-refractivity contribution < 1.29 is 29.1 Å². The van der Waals surface area contributed by atoms with Crippen molar-refractivity contribution in [3.8, 4) is 0 Å². The minimum Gasteiger partial charge on any atom is -0.390 e. The zero-order chi connectivity index (χ0) is 26.3. The van der Waals surface area contributed by atoms with Crippen molar-refractivity contribution in [1.29, 1.82) is 0 Å². The minimum absolute atomic E-state index is 0.0684. The van der Waals surface area contributed by atoms with Crippen molar-refractivity contribution in [2.75, 3.05) is 6.54 Å². The summed E-state index contributed by atoms with van der Waals surface area (Å²) in [6.45, 7) is 6.41. The van der Waals surface area contributed by atoms with Crippen molar-refractivity contribution in [3.05, 3.63) is 0 Å². The number of carbonyl (C=O) groups is 1. The third kappa shape index (κ3) is 38.7. The Kier molecular flexibility index (Phi) is 24.1. The van der Waals surface area contributed by atoms with E-state index < -0.39 is 13.4 Å². The number of aliphatic hydroxyl groups is 1. The maximum atomic E-state index is 11.8. The molecule has 0 spiro atoms. The SMILES string of the molecule is CCCCCCCCCCCCCCCCCC(=O)NCCC(N)CC(C)(C)O.O=P(O)(O)O. The van der Waals surface area contributed by atoms with Crippen LogP contribution in [0.2, 0.25) is 0 Å². The molecule has 8 nitrogen and oxygen atoms in total. The zero-order valence-corrected chi connectivity index (χ0v) is 23.0. The van der Waals surface area contributed by atoms with Crippen LogP contribution < -0.4 is 11.1 Å². The van der Waals surface area contributed by atoms with Gasteiger partial charge in [-0.25, -0.2) is 4.57 Å². The van der Waals surface area contributed by atoms with Gasteiger partial charge in [0.25, 0.3) is 0 Å². The van der Waals surface area contributed by atoms with Gasteiger partial charge in [0.15, 0.2) is 0 Å². The van der Waals surface area contributed by atoms with E-state index in [1.165, 1.54) is 83.5 Å². The molecule has 0 aliphatic rings. The number of phosphoric acid groups is 1. The largest absolute Gasteiger partial charge is 0.466 e. The van der Waals surface area contributed by atoms with E-state index in [0.29, 0.717) is 25.8 Å². The first kappa shape index (κ1) is 35.7. The van der Waals surface area contributed by atoms with Gasteiger partial charge in [0, 0.05) is 19.0 Å². The van der Waals surface area contributed by atoms with Gasteiger partial charge in [-0.3, -0.25) is 4.79 Å². The first-order valence-corrected chi connectivity index (χ1v) is 14.9. The molecule has 0 rings (SSSR count). The number of hydrogen-bond donors (Lipinski definition) is 6. The van der Waals surface area contributed by atoms with Crippen LogP contribution in [0.4, 0.5) is 0 Å². The number of unbranched alkanes of at least 4 members (excludes halogenated alkanes) is 14. The van der Waals surface area contributed by atoms with Gasteiger partial charge in [0.05, 0.1) is 5.60 Å². The lowest BCUT2D eigenvalue weighted by molar-refractivity contribution is -0.121. The molecule has 0 saturated carbocycles. The van der Waals surface area contributed by atoms with Crippen LogP contribution in [0.15, 0.2) is 0 Å². The van der Waals surface area contributed by atoms with Crippen molar-refractivity contribution in [2.24, 2.45) is 5.73 Å². The van der Waals surface area contributed by atoms with Gasteiger partial charge in [-0.1, -0.05) is 96.8 Å².